The number of fused-ring (bicyclic) bond motifs is 2. The zero-order valence-electron chi connectivity index (χ0n) is 16.8. The fourth-order valence-electron chi connectivity index (χ4n) is 4.23. The molecular formula is C22H21N3O5. The first-order chi connectivity index (χ1) is 14.2. The van der Waals surface area contributed by atoms with Crippen molar-refractivity contribution >= 4 is 29.1 Å². The van der Waals surface area contributed by atoms with Gasteiger partial charge in [-0.25, -0.2) is 0 Å². The van der Waals surface area contributed by atoms with Crippen molar-refractivity contribution in [3.8, 4) is 0 Å². The first-order valence-electron chi connectivity index (χ1n) is 9.75. The molecule has 0 saturated carbocycles. The summed E-state index contributed by atoms with van der Waals surface area (Å²) in [6.45, 7) is 4.03. The lowest BCUT2D eigenvalue weighted by Crippen LogP contribution is -2.43. The second kappa shape index (κ2) is 7.05. The van der Waals surface area contributed by atoms with Gasteiger partial charge in [0.25, 0.3) is 17.5 Å². The van der Waals surface area contributed by atoms with E-state index in [1.165, 1.54) is 17.0 Å². The van der Waals surface area contributed by atoms with Crippen molar-refractivity contribution in [2.75, 3.05) is 18.0 Å². The fraction of sp³-hybridized carbons (Fsp3) is 0.318. The van der Waals surface area contributed by atoms with Crippen LogP contribution in [0.3, 0.4) is 0 Å². The Morgan fingerprint density at radius 3 is 2.33 bits per heavy atom. The third-order valence-corrected chi connectivity index (χ3v) is 5.87. The van der Waals surface area contributed by atoms with Crippen molar-refractivity contribution in [1.29, 1.82) is 0 Å². The summed E-state index contributed by atoms with van der Waals surface area (Å²) < 4.78 is 0. The Bertz CT molecular complexity index is 1060. The number of nitro benzene ring substituents is 1. The molecule has 0 bridgehead atoms. The number of hydrogen-bond acceptors (Lipinski definition) is 5. The summed E-state index contributed by atoms with van der Waals surface area (Å²) in [6.07, 6.45) is 1.50. The van der Waals surface area contributed by atoms with Crippen molar-refractivity contribution < 1.29 is 19.3 Å². The van der Waals surface area contributed by atoms with E-state index in [9.17, 15) is 24.5 Å². The molecule has 0 radical (unpaired) electrons. The molecule has 2 aromatic rings. The topological polar surface area (TPSA) is 101 Å². The summed E-state index contributed by atoms with van der Waals surface area (Å²) in [5.41, 5.74) is 1.49. The zero-order valence-corrected chi connectivity index (χ0v) is 16.8. The predicted molar refractivity (Wildman–Crippen MR) is 110 cm³/mol. The third kappa shape index (κ3) is 3.14. The van der Waals surface area contributed by atoms with Crippen LogP contribution in [-0.4, -0.2) is 40.6 Å². The highest BCUT2D eigenvalue weighted by molar-refractivity contribution is 6.22. The van der Waals surface area contributed by atoms with E-state index in [1.807, 2.05) is 13.8 Å². The van der Waals surface area contributed by atoms with Crippen molar-refractivity contribution in [3.63, 3.8) is 0 Å². The van der Waals surface area contributed by atoms with E-state index >= 15 is 0 Å². The summed E-state index contributed by atoms with van der Waals surface area (Å²) in [7, 11) is 0. The van der Waals surface area contributed by atoms with Crippen LogP contribution in [0.5, 0.6) is 0 Å². The van der Waals surface area contributed by atoms with Gasteiger partial charge < -0.3 is 4.90 Å². The van der Waals surface area contributed by atoms with Crippen molar-refractivity contribution in [1.82, 2.24) is 4.90 Å². The minimum atomic E-state index is -0.502. The van der Waals surface area contributed by atoms with Crippen molar-refractivity contribution in [2.45, 2.75) is 32.1 Å². The standard InChI is InChI=1S/C22H21N3O5/c1-22(2)10-5-11-23(18-12-14(25(29)30)8-9-17(18)22)19(26)13-24-20(27)15-6-3-4-7-16(15)21(24)28/h3-4,6-9,12H,5,10-11,13H2,1-2H3. The Balaban J connectivity index is 1.68. The molecule has 0 fully saturated rings. The number of anilines is 1. The molecule has 0 N–H and O–H groups in total. The second-order valence-electron chi connectivity index (χ2n) is 8.23. The van der Waals surface area contributed by atoms with Gasteiger partial charge in [-0.05, 0) is 42.0 Å². The van der Waals surface area contributed by atoms with Gasteiger partial charge in [0.1, 0.15) is 6.54 Å². The fourth-order valence-corrected chi connectivity index (χ4v) is 4.23. The third-order valence-electron chi connectivity index (χ3n) is 5.87. The monoisotopic (exact) mass is 407 g/mol. The number of imide groups is 1. The van der Waals surface area contributed by atoms with Gasteiger partial charge in [-0.2, -0.15) is 0 Å². The lowest BCUT2D eigenvalue weighted by molar-refractivity contribution is -0.384. The number of carbonyl (C=O) groups is 3. The summed E-state index contributed by atoms with van der Waals surface area (Å²) in [5, 5.41) is 11.3. The van der Waals surface area contributed by atoms with Crippen LogP contribution in [0.15, 0.2) is 42.5 Å². The van der Waals surface area contributed by atoms with Crippen LogP contribution >= 0.6 is 0 Å². The predicted octanol–water partition coefficient (Wildman–Crippen LogP) is 3.30. The molecule has 0 unspecified atom stereocenters. The van der Waals surface area contributed by atoms with Crippen LogP contribution in [0.2, 0.25) is 0 Å². The number of nitrogens with zero attached hydrogens (tertiary/aromatic N) is 3. The normalized spacial score (nSPS) is 17.4. The average Bonchev–Trinajstić information content (AvgIpc) is 2.87. The molecule has 4 rings (SSSR count). The minimum absolute atomic E-state index is 0.106. The van der Waals surface area contributed by atoms with Crippen molar-refractivity contribution in [3.05, 3.63) is 69.3 Å². The van der Waals surface area contributed by atoms with Crippen LogP contribution in [0, 0.1) is 10.1 Å². The Morgan fingerprint density at radius 2 is 1.73 bits per heavy atom. The molecule has 0 atom stereocenters. The number of nitro groups is 1. The maximum atomic E-state index is 13.2. The average molecular weight is 407 g/mol. The highest BCUT2D eigenvalue weighted by Crippen LogP contribution is 2.40. The van der Waals surface area contributed by atoms with Crippen LogP contribution in [-0.2, 0) is 10.2 Å². The molecule has 0 aliphatic carbocycles. The quantitative estimate of drug-likeness (QED) is 0.441. The second-order valence-corrected chi connectivity index (χ2v) is 8.23. The Morgan fingerprint density at radius 1 is 1.10 bits per heavy atom. The van der Waals surface area contributed by atoms with E-state index in [-0.39, 0.29) is 22.2 Å². The smallest absolute Gasteiger partial charge is 0.271 e. The van der Waals surface area contributed by atoms with Gasteiger partial charge in [0.05, 0.1) is 21.7 Å². The highest BCUT2D eigenvalue weighted by atomic mass is 16.6. The first-order valence-corrected chi connectivity index (χ1v) is 9.75. The Labute approximate surface area is 173 Å². The maximum Gasteiger partial charge on any atom is 0.271 e. The molecule has 30 heavy (non-hydrogen) atoms. The maximum absolute atomic E-state index is 13.2. The molecule has 0 aromatic heterocycles. The molecule has 0 spiro atoms. The Hall–Kier alpha value is -3.55. The zero-order chi connectivity index (χ0) is 21.6. The van der Waals surface area contributed by atoms with Gasteiger partial charge in [-0.3, -0.25) is 29.4 Å². The number of amides is 3. The van der Waals surface area contributed by atoms with Crippen LogP contribution < -0.4 is 4.90 Å². The molecule has 2 aliphatic rings. The van der Waals surface area contributed by atoms with Gasteiger partial charge in [0.2, 0.25) is 5.91 Å². The van der Waals surface area contributed by atoms with Crippen molar-refractivity contribution in [2.24, 2.45) is 0 Å². The highest BCUT2D eigenvalue weighted by Gasteiger charge is 2.39. The van der Waals surface area contributed by atoms with Crippen LogP contribution in [0.25, 0.3) is 0 Å². The SMILES string of the molecule is CC1(C)CCCN(C(=O)CN2C(=O)c3ccccc3C2=O)c2cc([N+](=O)[O-])ccc21. The molecule has 3 amide bonds. The number of carbonyl (C=O) groups excluding carboxylic acids is 3. The summed E-state index contributed by atoms with van der Waals surface area (Å²) in [5.74, 6) is -1.44. The summed E-state index contributed by atoms with van der Waals surface area (Å²) >= 11 is 0. The molecular weight excluding hydrogens is 386 g/mol. The van der Waals surface area contributed by atoms with E-state index in [0.717, 1.165) is 16.9 Å². The van der Waals surface area contributed by atoms with E-state index in [2.05, 4.69) is 0 Å². The molecule has 8 heteroatoms. The number of benzene rings is 2. The lowest BCUT2D eigenvalue weighted by Gasteiger charge is -2.28. The minimum Gasteiger partial charge on any atom is -0.310 e. The number of hydrogen-bond donors (Lipinski definition) is 0. The van der Waals surface area contributed by atoms with Gasteiger partial charge in [-0.15, -0.1) is 0 Å². The van der Waals surface area contributed by atoms with Gasteiger partial charge in [-0.1, -0.05) is 26.0 Å². The van der Waals surface area contributed by atoms with E-state index < -0.39 is 29.2 Å². The number of non-ortho nitro benzene ring substituents is 1. The molecule has 2 aromatic carbocycles. The molecule has 8 nitrogen and oxygen atoms in total. The van der Waals surface area contributed by atoms with Crippen LogP contribution in [0.1, 0.15) is 53.0 Å². The van der Waals surface area contributed by atoms with Gasteiger partial charge in [0.15, 0.2) is 0 Å². The Kier molecular flexibility index (Phi) is 4.64. The molecule has 154 valence electrons. The lowest BCUT2D eigenvalue weighted by atomic mass is 9.80. The largest absolute Gasteiger partial charge is 0.310 e. The van der Waals surface area contributed by atoms with E-state index in [0.29, 0.717) is 18.7 Å². The van der Waals surface area contributed by atoms with E-state index in [1.54, 1.807) is 30.3 Å². The first kappa shape index (κ1) is 19.8. The molecule has 2 heterocycles. The van der Waals surface area contributed by atoms with E-state index in [4.69, 9.17) is 0 Å². The van der Waals surface area contributed by atoms with Gasteiger partial charge in [0, 0.05) is 18.7 Å². The molecule has 0 saturated heterocycles. The summed E-state index contributed by atoms with van der Waals surface area (Å²) in [4.78, 5) is 51.7. The molecule has 2 aliphatic heterocycles. The number of rotatable bonds is 3. The van der Waals surface area contributed by atoms with Crippen LogP contribution in [0.4, 0.5) is 11.4 Å². The van der Waals surface area contributed by atoms with Gasteiger partial charge >= 0.3 is 0 Å². The summed E-state index contributed by atoms with van der Waals surface area (Å²) in [6, 6.07) is 11.0.